The lowest BCUT2D eigenvalue weighted by Crippen LogP contribution is -2.45. The van der Waals surface area contributed by atoms with Crippen LogP contribution in [0.15, 0.2) is 40.3 Å². The van der Waals surface area contributed by atoms with Crippen LogP contribution in [-0.2, 0) is 10.0 Å². The van der Waals surface area contributed by atoms with Gasteiger partial charge >= 0.3 is 0 Å². The summed E-state index contributed by atoms with van der Waals surface area (Å²) in [4.78, 5) is 19.5. The molecule has 0 aliphatic carbocycles. The second kappa shape index (κ2) is 8.74. The largest absolute Gasteiger partial charge is 0.355 e. The average Bonchev–Trinajstić information content (AvgIpc) is 2.71. The van der Waals surface area contributed by atoms with E-state index in [4.69, 9.17) is 5.14 Å². The number of nitrogens with two attached hydrogens (primary N) is 1. The first kappa shape index (κ1) is 21.0. The van der Waals surface area contributed by atoms with Gasteiger partial charge in [0.2, 0.25) is 10.0 Å². The number of halogens is 2. The minimum atomic E-state index is -3.65. The Morgan fingerprint density at radius 2 is 2.24 bits per heavy atom. The van der Waals surface area contributed by atoms with Crippen molar-refractivity contribution in [3.8, 4) is 0 Å². The molecule has 1 saturated heterocycles. The van der Waals surface area contributed by atoms with Gasteiger partial charge < -0.3 is 9.80 Å². The summed E-state index contributed by atoms with van der Waals surface area (Å²) in [7, 11) is -3.65. The van der Waals surface area contributed by atoms with Gasteiger partial charge in [-0.1, -0.05) is 0 Å². The van der Waals surface area contributed by atoms with Gasteiger partial charge in [0.1, 0.15) is 17.2 Å². The number of hydrogen-bond acceptors (Lipinski definition) is 8. The predicted octanol–water partition coefficient (Wildman–Crippen LogP) is 1.23. The molecular formula is C17H21F2N7O2S. The smallest absolute Gasteiger partial charge is 0.281 e. The van der Waals surface area contributed by atoms with Gasteiger partial charge in [0.25, 0.3) is 6.43 Å². The van der Waals surface area contributed by atoms with Gasteiger partial charge in [-0.15, -0.1) is 0 Å². The zero-order valence-electron chi connectivity index (χ0n) is 15.5. The highest BCUT2D eigenvalue weighted by molar-refractivity contribution is 7.89. The molecule has 0 amide bonds. The van der Waals surface area contributed by atoms with Crippen molar-refractivity contribution in [3.05, 3.63) is 36.2 Å². The lowest BCUT2D eigenvalue weighted by atomic mass is 10.1. The zero-order chi connectivity index (χ0) is 21.0. The maximum Gasteiger partial charge on any atom is 0.281 e. The summed E-state index contributed by atoms with van der Waals surface area (Å²) in [5, 5.41) is 4.63. The van der Waals surface area contributed by atoms with Crippen LogP contribution in [-0.4, -0.2) is 67.5 Å². The highest BCUT2D eigenvalue weighted by Gasteiger charge is 2.29. The summed E-state index contributed by atoms with van der Waals surface area (Å²) >= 11 is 0. The van der Waals surface area contributed by atoms with Crippen molar-refractivity contribution < 1.29 is 17.2 Å². The fourth-order valence-corrected chi connectivity index (χ4v) is 4.05. The van der Waals surface area contributed by atoms with E-state index in [1.165, 1.54) is 29.7 Å². The van der Waals surface area contributed by atoms with Crippen LogP contribution in [0, 0.1) is 0 Å². The number of piperidine rings is 1. The van der Waals surface area contributed by atoms with Crippen molar-refractivity contribution in [2.75, 3.05) is 24.5 Å². The molecule has 1 aromatic heterocycles. The molecule has 12 heteroatoms. The first-order valence-electron chi connectivity index (χ1n) is 8.84. The van der Waals surface area contributed by atoms with Crippen LogP contribution in [0.2, 0.25) is 0 Å². The second-order valence-corrected chi connectivity index (χ2v) is 8.40. The average molecular weight is 425 g/mol. The minimum absolute atomic E-state index is 0.222. The molecule has 1 aromatic rings. The Bertz CT molecular complexity index is 962. The fourth-order valence-electron chi connectivity index (χ4n) is 3.17. The summed E-state index contributed by atoms with van der Waals surface area (Å²) in [6.07, 6.45) is 3.90. The van der Waals surface area contributed by atoms with Crippen LogP contribution in [0.1, 0.15) is 18.7 Å². The van der Waals surface area contributed by atoms with Crippen molar-refractivity contribution >= 4 is 34.5 Å². The van der Waals surface area contributed by atoms with Gasteiger partial charge in [0, 0.05) is 31.7 Å². The lowest BCUT2D eigenvalue weighted by molar-refractivity contribution is 0.185. The van der Waals surface area contributed by atoms with Crippen LogP contribution in [0.25, 0.3) is 5.70 Å². The van der Waals surface area contributed by atoms with E-state index in [1.807, 2.05) is 4.90 Å². The molecule has 3 heterocycles. The number of hydrogen-bond donors (Lipinski definition) is 1. The molecule has 9 nitrogen and oxygen atoms in total. The third kappa shape index (κ3) is 5.01. The van der Waals surface area contributed by atoms with Gasteiger partial charge in [0.05, 0.1) is 18.0 Å². The Balaban J connectivity index is 1.89. The minimum Gasteiger partial charge on any atom is -0.355 e. The third-order valence-electron chi connectivity index (χ3n) is 4.59. The molecular weight excluding hydrogens is 404 g/mol. The van der Waals surface area contributed by atoms with Crippen molar-refractivity contribution in [1.29, 1.82) is 0 Å². The summed E-state index contributed by atoms with van der Waals surface area (Å²) in [6.45, 7) is 4.50. The summed E-state index contributed by atoms with van der Waals surface area (Å²) in [5.41, 5.74) is -0.0134. The maximum absolute atomic E-state index is 13.0. The molecule has 0 saturated carbocycles. The predicted molar refractivity (Wildman–Crippen MR) is 107 cm³/mol. The van der Waals surface area contributed by atoms with E-state index in [0.717, 1.165) is 0 Å². The van der Waals surface area contributed by atoms with E-state index in [2.05, 4.69) is 26.7 Å². The topological polar surface area (TPSA) is 117 Å². The first-order chi connectivity index (χ1) is 13.8. The van der Waals surface area contributed by atoms with Crippen LogP contribution in [0.3, 0.4) is 0 Å². The number of nitrogens with zero attached hydrogens (tertiary/aromatic N) is 6. The monoisotopic (exact) mass is 425 g/mol. The van der Waals surface area contributed by atoms with Crippen molar-refractivity contribution in [1.82, 2.24) is 14.9 Å². The molecule has 0 spiro atoms. The van der Waals surface area contributed by atoms with E-state index in [-0.39, 0.29) is 24.6 Å². The van der Waals surface area contributed by atoms with E-state index in [9.17, 15) is 17.2 Å². The molecule has 156 valence electrons. The van der Waals surface area contributed by atoms with Crippen LogP contribution >= 0.6 is 0 Å². The third-order valence-corrected chi connectivity index (χ3v) is 5.90. The maximum atomic E-state index is 13.0. The van der Waals surface area contributed by atoms with E-state index in [1.54, 1.807) is 6.07 Å². The SMILES string of the molecule is C=N/C=C(/c1nccc(N2CCCC(S(N)(=O)=O)C2)n1)N1C=C(C(F)F)N=CC1. The number of primary sulfonamides is 1. The summed E-state index contributed by atoms with van der Waals surface area (Å²) in [5.74, 6) is 0.759. The zero-order valence-corrected chi connectivity index (χ0v) is 16.3. The summed E-state index contributed by atoms with van der Waals surface area (Å²) in [6, 6.07) is 1.66. The number of alkyl halides is 2. The molecule has 3 rings (SSSR count). The number of allylic oxidation sites excluding steroid dienone is 1. The van der Waals surface area contributed by atoms with Crippen LogP contribution < -0.4 is 10.0 Å². The van der Waals surface area contributed by atoms with E-state index >= 15 is 0 Å². The molecule has 1 fully saturated rings. The Labute approximate surface area is 167 Å². The first-order valence-corrected chi connectivity index (χ1v) is 10.5. The normalized spacial score (nSPS) is 20.8. The molecule has 1 atom stereocenters. The number of anilines is 1. The fraction of sp³-hybridized carbons (Fsp3) is 0.412. The second-order valence-electron chi connectivity index (χ2n) is 6.55. The van der Waals surface area contributed by atoms with Gasteiger partial charge in [-0.05, 0) is 25.6 Å². The van der Waals surface area contributed by atoms with E-state index < -0.39 is 21.7 Å². The van der Waals surface area contributed by atoms with Crippen LogP contribution in [0.5, 0.6) is 0 Å². The standard InChI is InChI=1S/C17H21F2N7O2S/c1-21-9-14(25-8-6-22-13(11-25)16(18)19)17-23-5-4-15(24-17)26-7-2-3-12(10-26)29(20,27)28/h4-6,9,11-12,16H,1-3,7-8,10H2,(H2,20,27,28)/b14-9-. The molecule has 2 aliphatic heterocycles. The Kier molecular flexibility index (Phi) is 6.33. The van der Waals surface area contributed by atoms with Gasteiger partial charge in [-0.3, -0.25) is 9.98 Å². The molecule has 29 heavy (non-hydrogen) atoms. The van der Waals surface area contributed by atoms with Gasteiger partial charge in [0.15, 0.2) is 5.82 Å². The quantitative estimate of drug-likeness (QED) is 0.685. The number of aromatic nitrogens is 2. The molecule has 1 unspecified atom stereocenters. The molecule has 0 bridgehead atoms. The lowest BCUT2D eigenvalue weighted by Gasteiger charge is -2.32. The molecule has 0 aromatic carbocycles. The highest BCUT2D eigenvalue weighted by atomic mass is 32.2. The Hall–Kier alpha value is -2.73. The number of sulfonamides is 1. The number of aliphatic imine (C=N–C) groups is 2. The molecule has 2 aliphatic rings. The Morgan fingerprint density at radius 3 is 2.93 bits per heavy atom. The summed E-state index contributed by atoms with van der Waals surface area (Å²) < 4.78 is 49.5. The Morgan fingerprint density at radius 1 is 1.45 bits per heavy atom. The van der Waals surface area contributed by atoms with Crippen molar-refractivity contribution in [2.24, 2.45) is 15.1 Å². The van der Waals surface area contributed by atoms with Gasteiger partial charge in [-0.2, -0.15) is 0 Å². The highest BCUT2D eigenvalue weighted by Crippen LogP contribution is 2.25. The van der Waals surface area contributed by atoms with Crippen molar-refractivity contribution in [3.63, 3.8) is 0 Å². The van der Waals surface area contributed by atoms with Crippen LogP contribution in [0.4, 0.5) is 14.6 Å². The van der Waals surface area contributed by atoms with Gasteiger partial charge in [-0.25, -0.2) is 32.3 Å². The number of rotatable bonds is 6. The molecule has 2 N–H and O–H groups in total. The molecule has 0 radical (unpaired) electrons. The van der Waals surface area contributed by atoms with Crippen molar-refractivity contribution in [2.45, 2.75) is 24.5 Å². The van der Waals surface area contributed by atoms with E-state index in [0.29, 0.717) is 30.9 Å².